The zero-order valence-electron chi connectivity index (χ0n) is 16.4. The summed E-state index contributed by atoms with van der Waals surface area (Å²) in [5.41, 5.74) is 0. The van der Waals surface area contributed by atoms with Crippen molar-refractivity contribution in [3.8, 4) is 0 Å². The molecular formula is C17H28CaN2O7. The Labute approximate surface area is 189 Å². The van der Waals surface area contributed by atoms with Gasteiger partial charge in [0, 0.05) is 25.7 Å². The van der Waals surface area contributed by atoms with Crippen molar-refractivity contribution < 1.29 is 34.8 Å². The van der Waals surface area contributed by atoms with Crippen molar-refractivity contribution in [3.63, 3.8) is 0 Å². The number of hydrogen-bond donors (Lipinski definition) is 2. The van der Waals surface area contributed by atoms with Crippen LogP contribution in [0.15, 0.2) is 11.8 Å². The molecule has 150 valence electrons. The molecular weight excluding hydrogens is 384 g/mol. The van der Waals surface area contributed by atoms with Crippen LogP contribution in [0.25, 0.3) is 0 Å². The van der Waals surface area contributed by atoms with E-state index < -0.39 is 36.0 Å². The van der Waals surface area contributed by atoms with Crippen molar-refractivity contribution in [2.75, 3.05) is 19.6 Å². The second kappa shape index (κ2) is 14.2. The number of rotatable bonds is 13. The maximum absolute atomic E-state index is 12.0. The van der Waals surface area contributed by atoms with Crippen molar-refractivity contribution in [2.24, 2.45) is 0 Å². The van der Waals surface area contributed by atoms with Gasteiger partial charge in [-0.25, -0.2) is 0 Å². The summed E-state index contributed by atoms with van der Waals surface area (Å²) in [4.78, 5) is 36.3. The molecule has 3 atom stereocenters. The summed E-state index contributed by atoms with van der Waals surface area (Å²) in [7, 11) is 0. The molecule has 9 nitrogen and oxygen atoms in total. The van der Waals surface area contributed by atoms with Crippen LogP contribution in [0.3, 0.4) is 0 Å². The SMILES string of the molecule is CCC/C=C(/[O-])CN(CCN(C(C)C(=O)O)C(C)C(=O)O)C(C)C(=O)[O-].[Ca+2]. The van der Waals surface area contributed by atoms with Crippen LogP contribution in [0.1, 0.15) is 40.5 Å². The molecule has 0 saturated heterocycles. The number of unbranched alkanes of at least 4 members (excludes halogenated alkanes) is 1. The Morgan fingerprint density at radius 2 is 1.44 bits per heavy atom. The van der Waals surface area contributed by atoms with Gasteiger partial charge in [-0.15, -0.1) is 5.76 Å². The van der Waals surface area contributed by atoms with Crippen LogP contribution in [0, 0.1) is 0 Å². The number of carboxylic acids is 3. The fourth-order valence-electron chi connectivity index (χ4n) is 2.38. The number of hydrogen-bond acceptors (Lipinski definition) is 7. The second-order valence-electron chi connectivity index (χ2n) is 6.19. The molecule has 0 aliphatic carbocycles. The molecule has 3 unspecified atom stereocenters. The molecule has 0 bridgehead atoms. The van der Waals surface area contributed by atoms with E-state index in [-0.39, 0.29) is 63.1 Å². The van der Waals surface area contributed by atoms with E-state index in [0.29, 0.717) is 6.42 Å². The molecule has 0 fully saturated rings. The molecule has 0 aromatic heterocycles. The van der Waals surface area contributed by atoms with Gasteiger partial charge in [-0.05, 0) is 27.2 Å². The molecule has 0 aliphatic heterocycles. The Balaban J connectivity index is 0. The van der Waals surface area contributed by atoms with Crippen LogP contribution in [0.5, 0.6) is 0 Å². The van der Waals surface area contributed by atoms with Gasteiger partial charge in [0.2, 0.25) is 0 Å². The standard InChI is InChI=1S/C17H30N2O7.Ca/c1-5-6-7-14(20)10-18(11(2)15(21)22)8-9-19(12(3)16(23)24)13(4)17(25)26;/h7,11-13,20H,5-6,8-10H2,1-4H3,(H,21,22)(H,23,24)(H,25,26);/q;+2/p-2/b14-7+;. The van der Waals surface area contributed by atoms with Gasteiger partial charge in [0.15, 0.2) is 0 Å². The molecule has 0 saturated carbocycles. The summed E-state index contributed by atoms with van der Waals surface area (Å²) < 4.78 is 0. The quantitative estimate of drug-likeness (QED) is 0.268. The molecule has 27 heavy (non-hydrogen) atoms. The van der Waals surface area contributed by atoms with E-state index in [1.54, 1.807) is 0 Å². The van der Waals surface area contributed by atoms with E-state index in [0.717, 1.165) is 6.42 Å². The molecule has 0 radical (unpaired) electrons. The average molecular weight is 412 g/mol. The first-order chi connectivity index (χ1) is 12.0. The summed E-state index contributed by atoms with van der Waals surface area (Å²) in [6.45, 7) is 5.81. The molecule has 0 spiro atoms. The van der Waals surface area contributed by atoms with E-state index in [9.17, 15) is 34.8 Å². The molecule has 0 aromatic carbocycles. The summed E-state index contributed by atoms with van der Waals surface area (Å²) in [5, 5.41) is 41.5. The second-order valence-corrected chi connectivity index (χ2v) is 6.19. The van der Waals surface area contributed by atoms with Crippen molar-refractivity contribution in [3.05, 3.63) is 11.8 Å². The van der Waals surface area contributed by atoms with Crippen LogP contribution in [0.2, 0.25) is 0 Å². The summed E-state index contributed by atoms with van der Waals surface area (Å²) in [6.07, 6.45) is 2.83. The molecule has 0 aliphatic rings. The zero-order chi connectivity index (χ0) is 20.4. The van der Waals surface area contributed by atoms with E-state index in [1.807, 2.05) is 6.92 Å². The Morgan fingerprint density at radius 3 is 1.81 bits per heavy atom. The summed E-state index contributed by atoms with van der Waals surface area (Å²) in [5.74, 6) is -3.99. The van der Waals surface area contributed by atoms with E-state index >= 15 is 0 Å². The fourth-order valence-corrected chi connectivity index (χ4v) is 2.38. The summed E-state index contributed by atoms with van der Waals surface area (Å²) >= 11 is 0. The van der Waals surface area contributed by atoms with Gasteiger partial charge in [0.25, 0.3) is 0 Å². The minimum atomic E-state index is -1.36. The Morgan fingerprint density at radius 1 is 0.963 bits per heavy atom. The first-order valence-corrected chi connectivity index (χ1v) is 8.55. The largest absolute Gasteiger partial charge is 2.00 e. The maximum atomic E-state index is 12.0. The van der Waals surface area contributed by atoms with Crippen LogP contribution >= 0.6 is 0 Å². The third-order valence-electron chi connectivity index (χ3n) is 4.26. The smallest absolute Gasteiger partial charge is 0.875 e. The summed E-state index contributed by atoms with van der Waals surface area (Å²) in [6, 6.07) is -3.23. The predicted molar refractivity (Wildman–Crippen MR) is 95.7 cm³/mol. The number of carbonyl (C=O) groups is 3. The number of aliphatic carboxylic acids is 3. The Bertz CT molecular complexity index is 507. The van der Waals surface area contributed by atoms with Crippen LogP contribution in [-0.2, 0) is 14.4 Å². The number of allylic oxidation sites excluding steroid dienone is 1. The van der Waals surface area contributed by atoms with Crippen molar-refractivity contribution >= 4 is 55.6 Å². The Kier molecular flexibility index (Phi) is 14.9. The van der Waals surface area contributed by atoms with Crippen LogP contribution in [0.4, 0.5) is 0 Å². The number of nitrogens with zero attached hydrogens (tertiary/aromatic N) is 2. The molecule has 0 heterocycles. The van der Waals surface area contributed by atoms with E-state index in [2.05, 4.69) is 0 Å². The topological polar surface area (TPSA) is 144 Å². The molecule has 0 rings (SSSR count). The Hall–Kier alpha value is -0.870. The minimum absolute atomic E-state index is 0. The maximum Gasteiger partial charge on any atom is 2.00 e. The zero-order valence-corrected chi connectivity index (χ0v) is 18.6. The van der Waals surface area contributed by atoms with Gasteiger partial charge in [-0.1, -0.05) is 19.4 Å². The van der Waals surface area contributed by atoms with Crippen molar-refractivity contribution in [1.29, 1.82) is 0 Å². The third kappa shape index (κ3) is 10.3. The molecule has 10 heteroatoms. The number of carboxylic acid groups (broad SMARTS) is 3. The van der Waals surface area contributed by atoms with Gasteiger partial charge in [0.05, 0.1) is 5.97 Å². The van der Waals surface area contributed by atoms with Crippen molar-refractivity contribution in [1.82, 2.24) is 9.80 Å². The van der Waals surface area contributed by atoms with Gasteiger partial charge < -0.3 is 25.2 Å². The van der Waals surface area contributed by atoms with Gasteiger partial charge >= 0.3 is 49.7 Å². The minimum Gasteiger partial charge on any atom is -0.875 e. The predicted octanol–water partition coefficient (Wildman–Crippen LogP) is -1.66. The fraction of sp³-hybridized carbons (Fsp3) is 0.706. The molecule has 0 amide bonds. The first-order valence-electron chi connectivity index (χ1n) is 8.55. The number of carbonyl (C=O) groups excluding carboxylic acids is 1. The molecule has 2 N–H and O–H groups in total. The van der Waals surface area contributed by atoms with Gasteiger partial charge in [-0.3, -0.25) is 19.4 Å². The first kappa shape index (κ1) is 28.3. The van der Waals surface area contributed by atoms with Gasteiger partial charge in [0.1, 0.15) is 12.1 Å². The monoisotopic (exact) mass is 412 g/mol. The van der Waals surface area contributed by atoms with E-state index in [1.165, 1.54) is 36.6 Å². The third-order valence-corrected chi connectivity index (χ3v) is 4.26. The van der Waals surface area contributed by atoms with Crippen molar-refractivity contribution in [2.45, 2.75) is 58.7 Å². The van der Waals surface area contributed by atoms with Gasteiger partial charge in [-0.2, -0.15) is 0 Å². The van der Waals surface area contributed by atoms with Crippen LogP contribution in [-0.4, -0.2) is 113 Å². The average Bonchev–Trinajstić information content (AvgIpc) is 2.57. The molecule has 0 aromatic rings. The van der Waals surface area contributed by atoms with Crippen LogP contribution < -0.4 is 10.2 Å². The normalized spacial score (nSPS) is 15.1. The van der Waals surface area contributed by atoms with E-state index in [4.69, 9.17) is 0 Å².